The van der Waals surface area contributed by atoms with Crippen molar-refractivity contribution < 1.29 is 17.6 Å². The fraction of sp³-hybridized carbons (Fsp3) is 0.364. The Hall–Kier alpha value is -1.43. The molecular weight excluding hydrogens is 245 g/mol. The van der Waals surface area contributed by atoms with E-state index < -0.39 is 21.6 Å². The molecule has 1 heterocycles. The Bertz CT molecular complexity index is 541. The van der Waals surface area contributed by atoms with E-state index in [1.54, 1.807) is 6.07 Å². The minimum absolute atomic E-state index is 0.0498. The van der Waals surface area contributed by atoms with Crippen molar-refractivity contribution in [1.29, 1.82) is 0 Å². The van der Waals surface area contributed by atoms with Crippen molar-refractivity contribution >= 4 is 21.4 Å². The van der Waals surface area contributed by atoms with Crippen LogP contribution in [0.3, 0.4) is 0 Å². The van der Waals surface area contributed by atoms with Gasteiger partial charge in [-0.25, -0.2) is 12.8 Å². The van der Waals surface area contributed by atoms with Crippen LogP contribution in [0.1, 0.15) is 6.42 Å². The van der Waals surface area contributed by atoms with Gasteiger partial charge in [0.05, 0.1) is 17.4 Å². The number of sulfone groups is 1. The highest BCUT2D eigenvalue weighted by Gasteiger charge is 2.32. The normalized spacial score (nSPS) is 22.3. The number of carbonyl (C=O) groups is 1. The second-order valence-corrected chi connectivity index (χ2v) is 6.33. The van der Waals surface area contributed by atoms with E-state index >= 15 is 0 Å². The maximum atomic E-state index is 12.9. The zero-order valence-corrected chi connectivity index (χ0v) is 9.84. The molecular formula is C11H12FNO3S. The van der Waals surface area contributed by atoms with Crippen molar-refractivity contribution in [3.05, 3.63) is 30.1 Å². The van der Waals surface area contributed by atoms with E-state index in [-0.39, 0.29) is 17.4 Å². The predicted molar refractivity (Wildman–Crippen MR) is 61.8 cm³/mol. The van der Waals surface area contributed by atoms with Gasteiger partial charge in [0.15, 0.2) is 9.84 Å². The Morgan fingerprint density at radius 1 is 1.41 bits per heavy atom. The quantitative estimate of drug-likeness (QED) is 0.865. The molecule has 1 atom stereocenters. The van der Waals surface area contributed by atoms with Gasteiger partial charge in [-0.05, 0) is 24.6 Å². The molecule has 17 heavy (non-hydrogen) atoms. The molecule has 1 aromatic carbocycles. The van der Waals surface area contributed by atoms with Gasteiger partial charge in [-0.1, -0.05) is 6.07 Å². The maximum absolute atomic E-state index is 12.9. The van der Waals surface area contributed by atoms with Crippen LogP contribution in [-0.4, -0.2) is 25.8 Å². The van der Waals surface area contributed by atoms with E-state index in [4.69, 9.17) is 0 Å². The van der Waals surface area contributed by atoms with Gasteiger partial charge in [0.2, 0.25) is 5.91 Å². The van der Waals surface area contributed by atoms with Crippen LogP contribution in [0.5, 0.6) is 0 Å². The van der Waals surface area contributed by atoms with E-state index in [2.05, 4.69) is 5.32 Å². The highest BCUT2D eigenvalue weighted by Crippen LogP contribution is 2.20. The number of nitrogens with one attached hydrogen (secondary N) is 1. The van der Waals surface area contributed by atoms with E-state index in [1.807, 2.05) is 0 Å². The Morgan fingerprint density at radius 2 is 2.18 bits per heavy atom. The smallest absolute Gasteiger partial charge is 0.228 e. The topological polar surface area (TPSA) is 63.2 Å². The first-order chi connectivity index (χ1) is 7.96. The van der Waals surface area contributed by atoms with E-state index in [0.717, 1.165) is 0 Å². The molecule has 1 saturated heterocycles. The van der Waals surface area contributed by atoms with Crippen LogP contribution >= 0.6 is 0 Å². The van der Waals surface area contributed by atoms with Crippen molar-refractivity contribution in [1.82, 2.24) is 0 Å². The average molecular weight is 257 g/mol. The molecule has 0 bridgehead atoms. The summed E-state index contributed by atoms with van der Waals surface area (Å²) in [5.74, 6) is -1.40. The molecule has 1 aliphatic heterocycles. The Kier molecular flexibility index (Phi) is 3.15. The molecule has 1 N–H and O–H groups in total. The van der Waals surface area contributed by atoms with Gasteiger partial charge in [0, 0.05) is 5.69 Å². The van der Waals surface area contributed by atoms with Crippen LogP contribution in [0.15, 0.2) is 24.3 Å². The zero-order valence-electron chi connectivity index (χ0n) is 9.02. The summed E-state index contributed by atoms with van der Waals surface area (Å²) in [5.41, 5.74) is 0.347. The Balaban J connectivity index is 2.03. The van der Waals surface area contributed by atoms with Crippen LogP contribution in [0.25, 0.3) is 0 Å². The maximum Gasteiger partial charge on any atom is 0.228 e. The highest BCUT2D eigenvalue weighted by molar-refractivity contribution is 7.91. The standard InChI is InChI=1S/C11H12FNO3S/c12-9-2-1-3-10(6-9)13-11(14)8-4-5-17(15,16)7-8/h1-3,6,8H,4-5,7H2,(H,13,14). The Labute approximate surface area is 98.8 Å². The molecule has 0 aliphatic carbocycles. The summed E-state index contributed by atoms with van der Waals surface area (Å²) in [6.45, 7) is 0. The largest absolute Gasteiger partial charge is 0.326 e. The molecule has 0 radical (unpaired) electrons. The number of halogens is 1. The fourth-order valence-electron chi connectivity index (χ4n) is 1.81. The lowest BCUT2D eigenvalue weighted by Crippen LogP contribution is -2.23. The summed E-state index contributed by atoms with van der Waals surface area (Å²) in [6.07, 6.45) is 0.337. The van der Waals surface area contributed by atoms with Crippen LogP contribution in [0, 0.1) is 11.7 Å². The van der Waals surface area contributed by atoms with Crippen molar-refractivity contribution in [3.8, 4) is 0 Å². The summed E-state index contributed by atoms with van der Waals surface area (Å²) < 4.78 is 35.3. The third-order valence-corrected chi connectivity index (χ3v) is 4.46. The van der Waals surface area contributed by atoms with Crippen molar-refractivity contribution in [2.45, 2.75) is 6.42 Å². The zero-order chi connectivity index (χ0) is 12.5. The van der Waals surface area contributed by atoms with E-state index in [0.29, 0.717) is 12.1 Å². The average Bonchev–Trinajstić information content (AvgIpc) is 2.59. The number of hydrogen-bond acceptors (Lipinski definition) is 3. The second kappa shape index (κ2) is 4.44. The number of benzene rings is 1. The lowest BCUT2D eigenvalue weighted by Gasteiger charge is -2.09. The van der Waals surface area contributed by atoms with Gasteiger partial charge in [-0.15, -0.1) is 0 Å². The minimum Gasteiger partial charge on any atom is -0.326 e. The number of amides is 1. The molecule has 1 unspecified atom stereocenters. The fourth-order valence-corrected chi connectivity index (χ4v) is 3.55. The second-order valence-electron chi connectivity index (χ2n) is 4.10. The van der Waals surface area contributed by atoms with E-state index in [1.165, 1.54) is 18.2 Å². The molecule has 2 rings (SSSR count). The molecule has 0 spiro atoms. The monoisotopic (exact) mass is 257 g/mol. The third kappa shape index (κ3) is 3.03. The lowest BCUT2D eigenvalue weighted by atomic mass is 10.1. The lowest BCUT2D eigenvalue weighted by molar-refractivity contribution is -0.119. The molecule has 1 aliphatic rings. The molecule has 6 heteroatoms. The first kappa shape index (κ1) is 12.0. The van der Waals surface area contributed by atoms with Crippen LogP contribution in [-0.2, 0) is 14.6 Å². The summed E-state index contributed by atoms with van der Waals surface area (Å²) in [4.78, 5) is 11.7. The number of carbonyl (C=O) groups excluding carboxylic acids is 1. The minimum atomic E-state index is -3.08. The third-order valence-electron chi connectivity index (χ3n) is 2.70. The van der Waals surface area contributed by atoms with Gasteiger partial charge >= 0.3 is 0 Å². The van der Waals surface area contributed by atoms with Gasteiger partial charge in [0.25, 0.3) is 0 Å². The Morgan fingerprint density at radius 3 is 2.76 bits per heavy atom. The SMILES string of the molecule is O=C(Nc1cccc(F)c1)C1CCS(=O)(=O)C1. The van der Waals surface area contributed by atoms with Crippen LogP contribution < -0.4 is 5.32 Å². The van der Waals surface area contributed by atoms with Gasteiger partial charge in [-0.2, -0.15) is 0 Å². The summed E-state index contributed by atoms with van der Waals surface area (Å²) >= 11 is 0. The number of rotatable bonds is 2. The number of hydrogen-bond donors (Lipinski definition) is 1. The first-order valence-electron chi connectivity index (χ1n) is 5.23. The molecule has 4 nitrogen and oxygen atoms in total. The van der Waals surface area contributed by atoms with Gasteiger partial charge < -0.3 is 5.32 Å². The summed E-state index contributed by atoms with van der Waals surface area (Å²) in [6, 6.07) is 5.51. The van der Waals surface area contributed by atoms with Crippen LogP contribution in [0.4, 0.5) is 10.1 Å². The summed E-state index contributed by atoms with van der Waals surface area (Å²) in [5, 5.41) is 2.52. The van der Waals surface area contributed by atoms with Gasteiger partial charge in [0.1, 0.15) is 5.82 Å². The van der Waals surface area contributed by atoms with Crippen molar-refractivity contribution in [2.24, 2.45) is 5.92 Å². The van der Waals surface area contributed by atoms with Gasteiger partial charge in [-0.3, -0.25) is 4.79 Å². The molecule has 1 amide bonds. The molecule has 0 saturated carbocycles. The van der Waals surface area contributed by atoms with Crippen LogP contribution in [0.2, 0.25) is 0 Å². The molecule has 1 aromatic rings. The van der Waals surface area contributed by atoms with Crippen molar-refractivity contribution in [2.75, 3.05) is 16.8 Å². The van der Waals surface area contributed by atoms with E-state index in [9.17, 15) is 17.6 Å². The van der Waals surface area contributed by atoms with Crippen molar-refractivity contribution in [3.63, 3.8) is 0 Å². The highest BCUT2D eigenvalue weighted by atomic mass is 32.2. The number of anilines is 1. The molecule has 1 fully saturated rings. The predicted octanol–water partition coefficient (Wildman–Crippen LogP) is 1.20. The first-order valence-corrected chi connectivity index (χ1v) is 7.05. The molecule has 0 aromatic heterocycles. The molecule has 92 valence electrons. The summed E-state index contributed by atoms with van der Waals surface area (Å²) in [7, 11) is -3.08.